The lowest BCUT2D eigenvalue weighted by atomic mass is 9.91. The van der Waals surface area contributed by atoms with Crippen molar-refractivity contribution >= 4 is 5.97 Å². The second-order valence-corrected chi connectivity index (χ2v) is 12.8. The van der Waals surface area contributed by atoms with Gasteiger partial charge in [0.25, 0.3) is 0 Å². The summed E-state index contributed by atoms with van der Waals surface area (Å²) in [5.41, 5.74) is 0.894. The SMILES string of the molecule is CC1[C@@H](O[C@@H]2CO[C@@H](OCC(=O)O)C[C@@H]2OCc2ccccc2)OC(CO)[C@@H](O[C@@H]2OC[C@@H](O[C@H]3C[C@@H](O)[C@H](O)C(CO)O3)[C@@H](O)C2O)[C@@H]1O. The molecule has 50 heavy (non-hydrogen) atoms. The minimum absolute atomic E-state index is 0.0501. The fourth-order valence-corrected chi connectivity index (χ4v) is 6.29. The third-order valence-corrected chi connectivity index (χ3v) is 9.22. The maximum absolute atomic E-state index is 11.3. The summed E-state index contributed by atoms with van der Waals surface area (Å²) in [5.74, 6) is -1.91. The predicted molar refractivity (Wildman–Crippen MR) is 163 cm³/mol. The third kappa shape index (κ3) is 9.72. The molecule has 8 N–H and O–H groups in total. The first-order valence-corrected chi connectivity index (χ1v) is 16.6. The van der Waals surface area contributed by atoms with Gasteiger partial charge in [-0.25, -0.2) is 4.79 Å². The van der Waals surface area contributed by atoms with Crippen LogP contribution in [0.15, 0.2) is 30.3 Å². The topological polar surface area (TPSA) is 262 Å². The predicted octanol–water partition coefficient (Wildman–Crippen LogP) is -2.80. The number of carbonyl (C=O) groups is 1. The third-order valence-electron chi connectivity index (χ3n) is 9.22. The molecule has 4 unspecified atom stereocenters. The highest BCUT2D eigenvalue weighted by atomic mass is 16.8. The smallest absolute Gasteiger partial charge is 0.329 e. The van der Waals surface area contributed by atoms with Gasteiger partial charge in [-0.1, -0.05) is 37.3 Å². The van der Waals surface area contributed by atoms with Gasteiger partial charge in [-0.3, -0.25) is 0 Å². The van der Waals surface area contributed by atoms with Crippen LogP contribution in [0.5, 0.6) is 0 Å². The van der Waals surface area contributed by atoms with Crippen LogP contribution in [-0.4, -0.2) is 172 Å². The largest absolute Gasteiger partial charge is 0.480 e. The first-order chi connectivity index (χ1) is 24.0. The van der Waals surface area contributed by atoms with E-state index in [1.54, 1.807) is 6.92 Å². The van der Waals surface area contributed by atoms with Gasteiger partial charge in [0.15, 0.2) is 25.2 Å². The molecule has 16 atom stereocenters. The molecule has 284 valence electrons. The van der Waals surface area contributed by atoms with Crippen LogP contribution < -0.4 is 0 Å². The molecule has 1 aromatic rings. The summed E-state index contributed by atoms with van der Waals surface area (Å²) in [5, 5.41) is 81.7. The summed E-state index contributed by atoms with van der Waals surface area (Å²) >= 11 is 0. The highest BCUT2D eigenvalue weighted by Gasteiger charge is 2.50. The lowest BCUT2D eigenvalue weighted by Gasteiger charge is -2.47. The number of aliphatic carboxylic acids is 1. The molecule has 0 aliphatic carbocycles. The zero-order valence-corrected chi connectivity index (χ0v) is 27.4. The number of hydrogen-bond donors (Lipinski definition) is 8. The quantitative estimate of drug-likeness (QED) is 0.0965. The summed E-state index contributed by atoms with van der Waals surface area (Å²) in [7, 11) is 0. The highest BCUT2D eigenvalue weighted by molar-refractivity contribution is 5.68. The van der Waals surface area contributed by atoms with Crippen LogP contribution in [0.1, 0.15) is 25.3 Å². The van der Waals surface area contributed by atoms with Crippen LogP contribution in [0.25, 0.3) is 0 Å². The Labute approximate surface area is 287 Å². The molecule has 0 spiro atoms. The Balaban J connectivity index is 1.18. The van der Waals surface area contributed by atoms with E-state index < -0.39 is 124 Å². The van der Waals surface area contributed by atoms with Crippen LogP contribution >= 0.6 is 0 Å². The molecule has 4 saturated heterocycles. The molecule has 0 radical (unpaired) electrons. The van der Waals surface area contributed by atoms with Crippen molar-refractivity contribution in [1.29, 1.82) is 0 Å². The normalized spacial score (nSPS) is 42.6. The number of carboxylic acid groups (broad SMARTS) is 1. The molecule has 4 fully saturated rings. The standard InChI is InChI=1S/C32H48O18/c1-15-26(38)30(50-32-29(41)28(40)22(13-45-32)47-25-7-17(35)27(39)19(9-33)46-25)20(10-34)48-31(15)49-21-12-43-24(44-14-23(36)37)8-18(21)42-11-16-5-3-2-4-6-16/h2-6,15,17-22,24-35,38-41H,7-14H2,1H3,(H,36,37)/t15?,17-,18+,19?,20?,21-,22-,24+,25+,26-,27+,28-,29?,30-,31-,32+/m1/s1. The molecular weight excluding hydrogens is 672 g/mol. The van der Waals surface area contributed by atoms with Crippen LogP contribution in [0.2, 0.25) is 0 Å². The van der Waals surface area contributed by atoms with Gasteiger partial charge in [0.1, 0.15) is 55.4 Å². The van der Waals surface area contributed by atoms with Gasteiger partial charge in [-0.2, -0.15) is 0 Å². The summed E-state index contributed by atoms with van der Waals surface area (Å²) in [4.78, 5) is 11.0. The van der Waals surface area contributed by atoms with E-state index in [1.165, 1.54) is 0 Å². The number of ether oxygens (including phenoxy) is 9. The number of hydrogen-bond acceptors (Lipinski definition) is 17. The van der Waals surface area contributed by atoms with E-state index in [1.807, 2.05) is 30.3 Å². The minimum Gasteiger partial charge on any atom is -0.480 e. The number of carboxylic acids is 1. The van der Waals surface area contributed by atoms with Gasteiger partial charge in [0.05, 0.1) is 51.3 Å². The van der Waals surface area contributed by atoms with Crippen LogP contribution in [0.3, 0.4) is 0 Å². The van der Waals surface area contributed by atoms with Crippen LogP contribution in [0, 0.1) is 5.92 Å². The van der Waals surface area contributed by atoms with Crippen molar-refractivity contribution in [3.8, 4) is 0 Å². The van der Waals surface area contributed by atoms with E-state index in [0.29, 0.717) is 0 Å². The Kier molecular flexibility index (Phi) is 14.3. The lowest BCUT2D eigenvalue weighted by Crippen LogP contribution is -2.62. The average Bonchev–Trinajstić information content (AvgIpc) is 3.11. The fourth-order valence-electron chi connectivity index (χ4n) is 6.29. The maximum Gasteiger partial charge on any atom is 0.329 e. The Morgan fingerprint density at radius 3 is 2.16 bits per heavy atom. The van der Waals surface area contributed by atoms with Crippen molar-refractivity contribution in [2.75, 3.05) is 33.0 Å². The molecule has 0 bridgehead atoms. The highest BCUT2D eigenvalue weighted by Crippen LogP contribution is 2.34. The van der Waals surface area contributed by atoms with E-state index in [0.717, 1.165) is 5.56 Å². The second-order valence-electron chi connectivity index (χ2n) is 12.8. The van der Waals surface area contributed by atoms with Gasteiger partial charge >= 0.3 is 5.97 Å². The molecule has 4 aliphatic heterocycles. The number of benzene rings is 1. The molecule has 0 amide bonds. The summed E-state index contributed by atoms with van der Waals surface area (Å²) in [6, 6.07) is 9.38. The van der Waals surface area contributed by atoms with E-state index in [4.69, 9.17) is 47.7 Å². The first-order valence-electron chi connectivity index (χ1n) is 16.6. The van der Waals surface area contributed by atoms with Gasteiger partial charge in [-0.15, -0.1) is 0 Å². The molecule has 0 saturated carbocycles. The van der Waals surface area contributed by atoms with E-state index in [-0.39, 0.29) is 32.7 Å². The number of aliphatic hydroxyl groups excluding tert-OH is 7. The lowest BCUT2D eigenvalue weighted by molar-refractivity contribution is -0.361. The van der Waals surface area contributed by atoms with Gasteiger partial charge < -0.3 is 83.5 Å². The Hall–Kier alpha value is -1.95. The summed E-state index contributed by atoms with van der Waals surface area (Å²) in [6.45, 7) is -0.259. The molecule has 4 aliphatic rings. The first kappa shape index (κ1) is 39.3. The Bertz CT molecular complexity index is 1180. The van der Waals surface area contributed by atoms with E-state index in [2.05, 4.69) is 0 Å². The zero-order valence-electron chi connectivity index (χ0n) is 27.4. The number of aliphatic hydroxyl groups is 7. The van der Waals surface area contributed by atoms with Crippen LogP contribution in [-0.2, 0) is 54.0 Å². The number of rotatable bonds is 14. The molecule has 4 heterocycles. The Morgan fingerprint density at radius 2 is 1.46 bits per heavy atom. The van der Waals surface area contributed by atoms with Crippen molar-refractivity contribution in [3.63, 3.8) is 0 Å². The monoisotopic (exact) mass is 720 g/mol. The zero-order chi connectivity index (χ0) is 35.9. The summed E-state index contributed by atoms with van der Waals surface area (Å²) in [6.07, 6.45) is -17.7. The molecule has 18 heteroatoms. The maximum atomic E-state index is 11.3. The molecule has 5 rings (SSSR count). The van der Waals surface area contributed by atoms with Crippen LogP contribution in [0.4, 0.5) is 0 Å². The van der Waals surface area contributed by atoms with Crippen molar-refractivity contribution in [3.05, 3.63) is 35.9 Å². The van der Waals surface area contributed by atoms with E-state index in [9.17, 15) is 40.5 Å². The molecule has 0 aromatic heterocycles. The second kappa shape index (κ2) is 18.2. The molecule has 18 nitrogen and oxygen atoms in total. The van der Waals surface area contributed by atoms with Gasteiger partial charge in [-0.05, 0) is 5.56 Å². The van der Waals surface area contributed by atoms with E-state index >= 15 is 0 Å². The van der Waals surface area contributed by atoms with Gasteiger partial charge in [0.2, 0.25) is 0 Å². The van der Waals surface area contributed by atoms with Crippen molar-refractivity contribution in [2.24, 2.45) is 5.92 Å². The van der Waals surface area contributed by atoms with Gasteiger partial charge in [0, 0.05) is 18.8 Å². The van der Waals surface area contributed by atoms with Crippen molar-refractivity contribution in [1.82, 2.24) is 0 Å². The van der Waals surface area contributed by atoms with Crippen molar-refractivity contribution < 1.29 is 88.3 Å². The fraction of sp³-hybridized carbons (Fsp3) is 0.781. The Morgan fingerprint density at radius 1 is 0.740 bits per heavy atom. The molecule has 1 aromatic carbocycles. The molecular formula is C32H48O18. The van der Waals surface area contributed by atoms with Crippen molar-refractivity contribution in [2.45, 2.75) is 119 Å². The average molecular weight is 721 g/mol. The minimum atomic E-state index is -1.68. The summed E-state index contributed by atoms with van der Waals surface area (Å²) < 4.78 is 52.1.